The third-order valence-corrected chi connectivity index (χ3v) is 4.86. The lowest BCUT2D eigenvalue weighted by Gasteiger charge is -2.10. The number of benzene rings is 2. The van der Waals surface area contributed by atoms with E-state index in [-0.39, 0.29) is 11.5 Å². The number of rotatable bonds is 5. The normalized spacial score (nSPS) is 12.6. The lowest BCUT2D eigenvalue weighted by molar-refractivity contribution is 0.592. The molecular formula is C17H17NO2S. The second kappa shape index (κ2) is 6.55. The molecule has 0 spiro atoms. The van der Waals surface area contributed by atoms with Crippen LogP contribution in [0.25, 0.3) is 0 Å². The SMILES string of the molecule is Cc1cccc(CS(=O)(=O)CC(C#N)c2ccccc2)c1. The van der Waals surface area contributed by atoms with Gasteiger partial charge in [0.2, 0.25) is 0 Å². The minimum absolute atomic E-state index is 0.0281. The van der Waals surface area contributed by atoms with E-state index in [0.29, 0.717) is 0 Å². The Bertz CT molecular complexity index is 746. The van der Waals surface area contributed by atoms with Gasteiger partial charge in [0.15, 0.2) is 9.84 Å². The van der Waals surface area contributed by atoms with Gasteiger partial charge >= 0.3 is 0 Å². The summed E-state index contributed by atoms with van der Waals surface area (Å²) in [7, 11) is -3.33. The molecule has 1 unspecified atom stereocenters. The highest BCUT2D eigenvalue weighted by atomic mass is 32.2. The van der Waals surface area contributed by atoms with E-state index in [1.165, 1.54) is 0 Å². The minimum Gasteiger partial charge on any atom is -0.228 e. The lowest BCUT2D eigenvalue weighted by Crippen LogP contribution is -2.15. The van der Waals surface area contributed by atoms with Crippen molar-refractivity contribution in [3.8, 4) is 6.07 Å². The van der Waals surface area contributed by atoms with Crippen LogP contribution in [0.1, 0.15) is 22.6 Å². The van der Waals surface area contributed by atoms with E-state index < -0.39 is 15.8 Å². The molecule has 3 nitrogen and oxygen atoms in total. The summed E-state index contributed by atoms with van der Waals surface area (Å²) in [6.07, 6.45) is 0. The van der Waals surface area contributed by atoms with Crippen LogP contribution >= 0.6 is 0 Å². The molecule has 21 heavy (non-hydrogen) atoms. The number of aryl methyl sites for hydroxylation is 1. The molecule has 0 saturated heterocycles. The Balaban J connectivity index is 2.15. The number of hydrogen-bond donors (Lipinski definition) is 0. The monoisotopic (exact) mass is 299 g/mol. The first-order valence-electron chi connectivity index (χ1n) is 6.71. The molecule has 0 fully saturated rings. The Labute approximate surface area is 125 Å². The lowest BCUT2D eigenvalue weighted by atomic mass is 10.0. The van der Waals surface area contributed by atoms with Crippen molar-refractivity contribution in [3.05, 3.63) is 71.3 Å². The van der Waals surface area contributed by atoms with Crippen LogP contribution < -0.4 is 0 Å². The highest BCUT2D eigenvalue weighted by molar-refractivity contribution is 7.90. The Kier molecular flexibility index (Phi) is 4.77. The standard InChI is InChI=1S/C17H17NO2S/c1-14-6-5-7-15(10-14)12-21(19,20)13-17(11-18)16-8-3-2-4-9-16/h2-10,17H,12-13H2,1H3. The molecule has 4 heteroatoms. The van der Waals surface area contributed by atoms with E-state index in [2.05, 4.69) is 6.07 Å². The third kappa shape index (κ3) is 4.44. The van der Waals surface area contributed by atoms with Crippen LogP contribution in [-0.2, 0) is 15.6 Å². The van der Waals surface area contributed by atoms with Gasteiger partial charge in [-0.1, -0.05) is 60.2 Å². The van der Waals surface area contributed by atoms with E-state index in [1.807, 2.05) is 43.3 Å². The quantitative estimate of drug-likeness (QED) is 0.851. The summed E-state index contributed by atoms with van der Waals surface area (Å²) in [5, 5.41) is 9.24. The van der Waals surface area contributed by atoms with E-state index in [9.17, 15) is 13.7 Å². The second-order valence-electron chi connectivity index (χ2n) is 5.14. The molecular weight excluding hydrogens is 282 g/mol. The van der Waals surface area contributed by atoms with Gasteiger partial charge in [-0.2, -0.15) is 5.26 Å². The largest absolute Gasteiger partial charge is 0.228 e. The molecule has 1 atom stereocenters. The van der Waals surface area contributed by atoms with Crippen LogP contribution in [0.2, 0.25) is 0 Å². The molecule has 0 aliphatic carbocycles. The molecule has 0 radical (unpaired) electrons. The smallest absolute Gasteiger partial charge is 0.156 e. The van der Waals surface area contributed by atoms with Gasteiger partial charge in [0.05, 0.1) is 23.5 Å². The second-order valence-corrected chi connectivity index (χ2v) is 7.25. The summed E-state index contributed by atoms with van der Waals surface area (Å²) in [5.74, 6) is -0.803. The average molecular weight is 299 g/mol. The zero-order chi connectivity index (χ0) is 15.3. The zero-order valence-corrected chi connectivity index (χ0v) is 12.7. The van der Waals surface area contributed by atoms with Crippen molar-refractivity contribution in [3.63, 3.8) is 0 Å². The summed E-state index contributed by atoms with van der Waals surface area (Å²) < 4.78 is 24.6. The molecule has 2 aromatic rings. The highest BCUT2D eigenvalue weighted by Gasteiger charge is 2.21. The van der Waals surface area contributed by atoms with Crippen molar-refractivity contribution in [2.24, 2.45) is 0 Å². The fraction of sp³-hybridized carbons (Fsp3) is 0.235. The Morgan fingerprint density at radius 2 is 1.81 bits per heavy atom. The van der Waals surface area contributed by atoms with Crippen LogP contribution in [0.4, 0.5) is 0 Å². The molecule has 0 bridgehead atoms. The van der Waals surface area contributed by atoms with Crippen LogP contribution in [0.15, 0.2) is 54.6 Å². The van der Waals surface area contributed by atoms with Crippen molar-refractivity contribution in [1.29, 1.82) is 5.26 Å². The summed E-state index contributed by atoms with van der Waals surface area (Å²) >= 11 is 0. The summed E-state index contributed by atoms with van der Waals surface area (Å²) in [5.41, 5.74) is 2.54. The predicted molar refractivity (Wildman–Crippen MR) is 83.5 cm³/mol. The number of sulfone groups is 1. The first kappa shape index (κ1) is 15.3. The molecule has 0 N–H and O–H groups in total. The van der Waals surface area contributed by atoms with Crippen LogP contribution in [0.3, 0.4) is 0 Å². The molecule has 0 heterocycles. The van der Waals surface area contributed by atoms with Crippen molar-refractivity contribution in [2.75, 3.05) is 5.75 Å². The van der Waals surface area contributed by atoms with Crippen molar-refractivity contribution >= 4 is 9.84 Å². The molecule has 108 valence electrons. The van der Waals surface area contributed by atoms with Crippen LogP contribution in [0, 0.1) is 18.3 Å². The molecule has 0 saturated carbocycles. The summed E-state index contributed by atoms with van der Waals surface area (Å²) in [6, 6.07) is 18.6. The van der Waals surface area contributed by atoms with Gasteiger partial charge in [-0.05, 0) is 18.1 Å². The molecule has 0 aliphatic rings. The summed E-state index contributed by atoms with van der Waals surface area (Å²) in [6.45, 7) is 1.93. The fourth-order valence-corrected chi connectivity index (χ4v) is 3.84. The van der Waals surface area contributed by atoms with Gasteiger partial charge in [-0.25, -0.2) is 8.42 Å². The molecule has 0 aromatic heterocycles. The highest BCUT2D eigenvalue weighted by Crippen LogP contribution is 2.19. The van der Waals surface area contributed by atoms with E-state index in [4.69, 9.17) is 0 Å². The Hall–Kier alpha value is -2.12. The molecule has 2 aromatic carbocycles. The van der Waals surface area contributed by atoms with Crippen molar-refractivity contribution in [1.82, 2.24) is 0 Å². The fourth-order valence-electron chi connectivity index (χ4n) is 2.26. The Morgan fingerprint density at radius 1 is 1.10 bits per heavy atom. The van der Waals surface area contributed by atoms with E-state index >= 15 is 0 Å². The maximum Gasteiger partial charge on any atom is 0.156 e. The van der Waals surface area contributed by atoms with Gasteiger partial charge in [0.25, 0.3) is 0 Å². The van der Waals surface area contributed by atoms with Gasteiger partial charge < -0.3 is 0 Å². The van der Waals surface area contributed by atoms with Crippen molar-refractivity contribution < 1.29 is 8.42 Å². The first-order valence-corrected chi connectivity index (χ1v) is 8.53. The van der Waals surface area contributed by atoms with E-state index in [0.717, 1.165) is 16.7 Å². The average Bonchev–Trinajstić information content (AvgIpc) is 2.45. The maximum atomic E-state index is 12.3. The molecule has 0 amide bonds. The first-order chi connectivity index (χ1) is 10.00. The maximum absolute atomic E-state index is 12.3. The molecule has 0 aliphatic heterocycles. The Morgan fingerprint density at radius 3 is 2.43 bits per heavy atom. The number of nitrogens with zero attached hydrogens (tertiary/aromatic N) is 1. The zero-order valence-electron chi connectivity index (χ0n) is 11.9. The predicted octanol–water partition coefficient (Wildman–Crippen LogP) is 3.22. The van der Waals surface area contributed by atoms with Gasteiger partial charge in [0.1, 0.15) is 0 Å². The number of nitriles is 1. The van der Waals surface area contributed by atoms with E-state index in [1.54, 1.807) is 18.2 Å². The third-order valence-electron chi connectivity index (χ3n) is 3.25. The van der Waals surface area contributed by atoms with Crippen LogP contribution in [-0.4, -0.2) is 14.2 Å². The van der Waals surface area contributed by atoms with Crippen molar-refractivity contribution in [2.45, 2.75) is 18.6 Å². The van der Waals surface area contributed by atoms with Gasteiger partial charge in [0, 0.05) is 0 Å². The molecule has 2 rings (SSSR count). The minimum atomic E-state index is -3.33. The number of hydrogen-bond acceptors (Lipinski definition) is 3. The topological polar surface area (TPSA) is 57.9 Å². The van der Waals surface area contributed by atoms with Crippen LogP contribution in [0.5, 0.6) is 0 Å². The van der Waals surface area contributed by atoms with Gasteiger partial charge in [-0.3, -0.25) is 0 Å². The van der Waals surface area contributed by atoms with Gasteiger partial charge in [-0.15, -0.1) is 0 Å². The summed E-state index contributed by atoms with van der Waals surface area (Å²) in [4.78, 5) is 0.